The van der Waals surface area contributed by atoms with Crippen LogP contribution in [0.4, 0.5) is 5.69 Å². The van der Waals surface area contributed by atoms with Gasteiger partial charge in [0.05, 0.1) is 6.42 Å². The molecule has 0 saturated heterocycles. The molecule has 2 rings (SSSR count). The van der Waals surface area contributed by atoms with E-state index in [4.69, 9.17) is 11.6 Å². The first-order valence-corrected chi connectivity index (χ1v) is 5.91. The van der Waals surface area contributed by atoms with Crippen LogP contribution in [0.1, 0.15) is 11.1 Å². The van der Waals surface area contributed by atoms with E-state index in [0.29, 0.717) is 12.3 Å². The summed E-state index contributed by atoms with van der Waals surface area (Å²) in [5, 5.41) is 3.23. The molecule has 1 aromatic carbocycles. The number of carbonyl (C=O) groups is 1. The number of anilines is 1. The lowest BCUT2D eigenvalue weighted by molar-refractivity contribution is -0.117. The molecule has 0 aromatic heterocycles. The molecule has 86 valence electrons. The molecule has 1 amide bonds. The molecule has 0 aliphatic carbocycles. The highest BCUT2D eigenvalue weighted by Crippen LogP contribution is 2.28. The summed E-state index contributed by atoms with van der Waals surface area (Å²) < 4.78 is 0. The van der Waals surface area contributed by atoms with Gasteiger partial charge in [0.2, 0.25) is 5.91 Å². The van der Waals surface area contributed by atoms with Gasteiger partial charge in [-0.2, -0.15) is 0 Å². The van der Waals surface area contributed by atoms with Gasteiger partial charge in [0.15, 0.2) is 0 Å². The Balaban J connectivity index is 2.09. The van der Waals surface area contributed by atoms with Gasteiger partial charge < -0.3 is 10.2 Å². The first-order chi connectivity index (χ1) is 7.72. The van der Waals surface area contributed by atoms with E-state index in [1.54, 1.807) is 4.90 Å². The second-order valence-corrected chi connectivity index (χ2v) is 4.34. The van der Waals surface area contributed by atoms with Crippen LogP contribution in [0.2, 0.25) is 0 Å². The van der Waals surface area contributed by atoms with Crippen LogP contribution in [0.3, 0.4) is 0 Å². The highest BCUT2D eigenvalue weighted by atomic mass is 35.5. The quantitative estimate of drug-likeness (QED) is 0.638. The van der Waals surface area contributed by atoms with Gasteiger partial charge in [-0.25, -0.2) is 0 Å². The molecule has 3 nitrogen and oxygen atoms in total. The molecule has 0 radical (unpaired) electrons. The molecule has 0 unspecified atom stereocenters. The van der Waals surface area contributed by atoms with Crippen molar-refractivity contribution in [3.05, 3.63) is 29.3 Å². The molecule has 0 bridgehead atoms. The Kier molecular flexibility index (Phi) is 3.46. The molecule has 0 fully saturated rings. The number of likely N-dealkylation sites (N-methyl/N-ethyl adjacent to an activating group) is 1. The Labute approximate surface area is 100 Å². The molecule has 1 aliphatic heterocycles. The Bertz CT molecular complexity index is 406. The van der Waals surface area contributed by atoms with Crippen molar-refractivity contribution in [1.29, 1.82) is 0 Å². The van der Waals surface area contributed by atoms with Crippen molar-refractivity contribution < 1.29 is 4.79 Å². The van der Waals surface area contributed by atoms with Crippen LogP contribution in [0.5, 0.6) is 0 Å². The zero-order valence-electron chi connectivity index (χ0n) is 9.29. The third-order valence-corrected chi connectivity index (χ3v) is 3.01. The predicted molar refractivity (Wildman–Crippen MR) is 66.0 cm³/mol. The average Bonchev–Trinajstić information content (AvgIpc) is 2.55. The summed E-state index contributed by atoms with van der Waals surface area (Å²) in [5.74, 6) is 0.785. The van der Waals surface area contributed by atoms with Crippen molar-refractivity contribution in [3.8, 4) is 0 Å². The van der Waals surface area contributed by atoms with Crippen molar-refractivity contribution in [2.45, 2.75) is 13.0 Å². The molecular weight excluding hydrogens is 224 g/mol. The van der Waals surface area contributed by atoms with Crippen molar-refractivity contribution in [2.24, 2.45) is 0 Å². The molecule has 0 spiro atoms. The third kappa shape index (κ3) is 2.20. The van der Waals surface area contributed by atoms with Crippen LogP contribution in [-0.2, 0) is 17.8 Å². The number of alkyl halides is 1. The van der Waals surface area contributed by atoms with Gasteiger partial charge in [-0.05, 0) is 17.2 Å². The van der Waals surface area contributed by atoms with Gasteiger partial charge in [0, 0.05) is 31.7 Å². The molecular formula is C12H15ClN2O. The number of amides is 1. The van der Waals surface area contributed by atoms with Crippen molar-refractivity contribution >= 4 is 23.2 Å². The average molecular weight is 239 g/mol. The maximum atomic E-state index is 11.5. The number of hydrogen-bond acceptors (Lipinski definition) is 2. The van der Waals surface area contributed by atoms with Gasteiger partial charge in [0.1, 0.15) is 0 Å². The molecule has 0 saturated carbocycles. The van der Waals surface area contributed by atoms with Crippen LogP contribution in [-0.4, -0.2) is 25.4 Å². The molecule has 1 aliphatic rings. The van der Waals surface area contributed by atoms with E-state index in [1.807, 2.05) is 13.1 Å². The van der Waals surface area contributed by atoms with Crippen LogP contribution in [0.25, 0.3) is 0 Å². The van der Waals surface area contributed by atoms with E-state index in [0.717, 1.165) is 24.3 Å². The highest BCUT2D eigenvalue weighted by Gasteiger charge is 2.23. The van der Waals surface area contributed by atoms with E-state index in [1.165, 1.54) is 5.56 Å². The fraction of sp³-hybridized carbons (Fsp3) is 0.417. The molecule has 1 heterocycles. The first-order valence-electron chi connectivity index (χ1n) is 5.37. The minimum atomic E-state index is 0.167. The van der Waals surface area contributed by atoms with E-state index in [9.17, 15) is 4.79 Å². The normalized spacial score (nSPS) is 14.4. The lowest BCUT2D eigenvalue weighted by atomic mass is 10.1. The Hall–Kier alpha value is -1.06. The summed E-state index contributed by atoms with van der Waals surface area (Å²) in [6, 6.07) is 6.16. The fourth-order valence-corrected chi connectivity index (χ4v) is 2.07. The van der Waals surface area contributed by atoms with Gasteiger partial charge in [-0.1, -0.05) is 12.1 Å². The van der Waals surface area contributed by atoms with Gasteiger partial charge in [-0.15, -0.1) is 11.6 Å². The van der Waals surface area contributed by atoms with E-state index < -0.39 is 0 Å². The Morgan fingerprint density at radius 3 is 3.06 bits per heavy atom. The summed E-state index contributed by atoms with van der Waals surface area (Å²) in [4.78, 5) is 13.2. The summed E-state index contributed by atoms with van der Waals surface area (Å²) in [6.07, 6.45) is 0.523. The second-order valence-electron chi connectivity index (χ2n) is 3.96. The van der Waals surface area contributed by atoms with Crippen molar-refractivity contribution in [1.82, 2.24) is 5.32 Å². The lowest BCUT2D eigenvalue weighted by Crippen LogP contribution is -2.20. The number of carbonyl (C=O) groups excluding carboxylic acids is 1. The van der Waals surface area contributed by atoms with Gasteiger partial charge in [-0.3, -0.25) is 4.79 Å². The molecule has 1 aromatic rings. The maximum Gasteiger partial charge on any atom is 0.231 e. The minimum absolute atomic E-state index is 0.167. The minimum Gasteiger partial charge on any atom is -0.315 e. The molecule has 16 heavy (non-hydrogen) atoms. The SMILES string of the molecule is CN1C(=O)Cc2cc(CNCCCl)ccc21. The monoisotopic (exact) mass is 238 g/mol. The summed E-state index contributed by atoms with van der Waals surface area (Å²) >= 11 is 5.59. The number of fused-ring (bicyclic) bond motifs is 1. The number of rotatable bonds is 4. The standard InChI is InChI=1S/C12H15ClN2O/c1-15-11-3-2-9(8-14-5-4-13)6-10(11)7-12(15)16/h2-3,6,14H,4-5,7-8H2,1H3. The summed E-state index contributed by atoms with van der Waals surface area (Å²) in [5.41, 5.74) is 3.36. The number of nitrogens with zero attached hydrogens (tertiary/aromatic N) is 1. The number of halogens is 1. The fourth-order valence-electron chi connectivity index (χ4n) is 1.93. The highest BCUT2D eigenvalue weighted by molar-refractivity contribution is 6.18. The number of nitrogens with one attached hydrogen (secondary N) is 1. The van der Waals surface area contributed by atoms with E-state index in [2.05, 4.69) is 17.4 Å². The molecule has 4 heteroatoms. The van der Waals surface area contributed by atoms with Gasteiger partial charge in [0.25, 0.3) is 0 Å². The smallest absolute Gasteiger partial charge is 0.231 e. The lowest BCUT2D eigenvalue weighted by Gasteiger charge is -2.10. The van der Waals surface area contributed by atoms with E-state index in [-0.39, 0.29) is 5.91 Å². The molecule has 0 atom stereocenters. The van der Waals surface area contributed by atoms with E-state index >= 15 is 0 Å². The largest absolute Gasteiger partial charge is 0.315 e. The number of benzene rings is 1. The Morgan fingerprint density at radius 2 is 2.31 bits per heavy atom. The molecule has 1 N–H and O–H groups in total. The first kappa shape index (κ1) is 11.4. The van der Waals surface area contributed by atoms with Crippen LogP contribution in [0, 0.1) is 0 Å². The van der Waals surface area contributed by atoms with Crippen LogP contribution >= 0.6 is 11.6 Å². The maximum absolute atomic E-state index is 11.5. The topological polar surface area (TPSA) is 32.3 Å². The second kappa shape index (κ2) is 4.85. The summed E-state index contributed by atoms with van der Waals surface area (Å²) in [7, 11) is 1.82. The Morgan fingerprint density at radius 1 is 1.50 bits per heavy atom. The summed E-state index contributed by atoms with van der Waals surface area (Å²) in [6.45, 7) is 1.61. The van der Waals surface area contributed by atoms with Crippen molar-refractivity contribution in [3.63, 3.8) is 0 Å². The van der Waals surface area contributed by atoms with Crippen LogP contribution < -0.4 is 10.2 Å². The van der Waals surface area contributed by atoms with Gasteiger partial charge >= 0.3 is 0 Å². The zero-order valence-corrected chi connectivity index (χ0v) is 10.0. The zero-order chi connectivity index (χ0) is 11.5. The van der Waals surface area contributed by atoms with Crippen LogP contribution in [0.15, 0.2) is 18.2 Å². The van der Waals surface area contributed by atoms with Crippen molar-refractivity contribution in [2.75, 3.05) is 24.4 Å². The number of hydrogen-bond donors (Lipinski definition) is 1. The third-order valence-electron chi connectivity index (χ3n) is 2.82. The predicted octanol–water partition coefficient (Wildman–Crippen LogP) is 1.53.